The highest BCUT2D eigenvalue weighted by Crippen LogP contribution is 2.36. The summed E-state index contributed by atoms with van der Waals surface area (Å²) < 4.78 is 31.5. The van der Waals surface area contributed by atoms with Gasteiger partial charge in [0.15, 0.2) is 0 Å². The number of para-hydroxylation sites is 1. The van der Waals surface area contributed by atoms with Crippen molar-refractivity contribution in [3.05, 3.63) is 35.5 Å². The summed E-state index contributed by atoms with van der Waals surface area (Å²) in [6.45, 7) is 1.66. The van der Waals surface area contributed by atoms with E-state index in [0.29, 0.717) is 34.2 Å². The highest BCUT2D eigenvalue weighted by molar-refractivity contribution is 7.89. The van der Waals surface area contributed by atoms with Gasteiger partial charge in [0.1, 0.15) is 6.10 Å². The molecular weight excluding hydrogens is 352 g/mol. The molecule has 26 heavy (non-hydrogen) atoms. The zero-order chi connectivity index (χ0) is 18.6. The van der Waals surface area contributed by atoms with Gasteiger partial charge in [-0.25, -0.2) is 17.2 Å². The average Bonchev–Trinajstić information content (AvgIpc) is 2.95. The van der Waals surface area contributed by atoms with Gasteiger partial charge in [-0.1, -0.05) is 18.2 Å². The molecule has 3 heterocycles. The maximum atomic E-state index is 13.0. The number of fused-ring (bicyclic) bond motifs is 3. The lowest BCUT2D eigenvalue weighted by molar-refractivity contribution is -0.000328. The van der Waals surface area contributed by atoms with E-state index in [1.165, 1.54) is 3.97 Å². The van der Waals surface area contributed by atoms with E-state index >= 15 is 0 Å². The second-order valence-corrected chi connectivity index (χ2v) is 9.39. The Bertz CT molecular complexity index is 965. The van der Waals surface area contributed by atoms with E-state index in [4.69, 9.17) is 4.74 Å². The van der Waals surface area contributed by atoms with Crippen molar-refractivity contribution in [3.8, 4) is 0 Å². The zero-order valence-electron chi connectivity index (χ0n) is 15.3. The van der Waals surface area contributed by atoms with Crippen molar-refractivity contribution in [1.82, 2.24) is 8.87 Å². The Morgan fingerprint density at radius 1 is 1.15 bits per heavy atom. The third-order valence-corrected chi connectivity index (χ3v) is 7.06. The normalized spacial score (nSPS) is 26.3. The highest BCUT2D eigenvalue weighted by atomic mass is 32.2. The minimum atomic E-state index is -3.52. The Kier molecular flexibility index (Phi) is 4.11. The van der Waals surface area contributed by atoms with E-state index in [2.05, 4.69) is 11.9 Å². The molecule has 140 valence electrons. The van der Waals surface area contributed by atoms with E-state index in [1.54, 1.807) is 31.2 Å². The predicted octanol–water partition coefficient (Wildman–Crippen LogP) is 2.54. The summed E-state index contributed by atoms with van der Waals surface area (Å²) in [6.07, 6.45) is 5.06. The topological polar surface area (TPSA) is 68.6 Å². The van der Waals surface area contributed by atoms with Gasteiger partial charge in [-0.3, -0.25) is 0 Å². The molecule has 0 amide bonds. The predicted molar refractivity (Wildman–Crippen MR) is 99.9 cm³/mol. The first-order valence-corrected chi connectivity index (χ1v) is 10.9. The molecule has 0 radical (unpaired) electrons. The summed E-state index contributed by atoms with van der Waals surface area (Å²) in [5.41, 5.74) is 1.29. The number of rotatable bonds is 3. The molecule has 6 nitrogen and oxygen atoms in total. The van der Waals surface area contributed by atoms with Gasteiger partial charge in [0.2, 0.25) is 10.0 Å². The van der Waals surface area contributed by atoms with Gasteiger partial charge in [0, 0.05) is 36.0 Å². The minimum absolute atomic E-state index is 0.101. The van der Waals surface area contributed by atoms with Gasteiger partial charge in [-0.05, 0) is 32.9 Å². The Morgan fingerprint density at radius 3 is 2.38 bits per heavy atom. The summed E-state index contributed by atoms with van der Waals surface area (Å²) in [5, 5.41) is 0.622. The van der Waals surface area contributed by atoms with Crippen LogP contribution in [0.25, 0.3) is 10.9 Å². The SMILES string of the molecule is Cc1c(C(=O)O[C@@H]2C[C@H]3CC[C@@H](C2)N3C)c2ccccc2n1S(C)(=O)=O. The van der Waals surface area contributed by atoms with Crippen LogP contribution < -0.4 is 0 Å². The Labute approximate surface area is 153 Å². The number of aromatic nitrogens is 1. The van der Waals surface area contributed by atoms with Crippen LogP contribution >= 0.6 is 0 Å². The van der Waals surface area contributed by atoms with Crippen molar-refractivity contribution in [3.63, 3.8) is 0 Å². The molecule has 1 aromatic carbocycles. The van der Waals surface area contributed by atoms with E-state index in [9.17, 15) is 13.2 Å². The van der Waals surface area contributed by atoms with Crippen LogP contribution in [0.5, 0.6) is 0 Å². The Hall–Kier alpha value is -1.86. The molecule has 3 atom stereocenters. The molecule has 4 rings (SSSR count). The molecule has 2 saturated heterocycles. The number of benzene rings is 1. The minimum Gasteiger partial charge on any atom is -0.459 e. The molecule has 7 heteroatoms. The molecule has 2 fully saturated rings. The van der Waals surface area contributed by atoms with Crippen molar-refractivity contribution in [2.24, 2.45) is 0 Å². The van der Waals surface area contributed by atoms with Gasteiger partial charge < -0.3 is 9.64 Å². The van der Waals surface area contributed by atoms with Crippen LogP contribution in [0.4, 0.5) is 0 Å². The van der Waals surface area contributed by atoms with Gasteiger partial charge in [0.05, 0.1) is 17.3 Å². The van der Waals surface area contributed by atoms with E-state index < -0.39 is 16.0 Å². The first kappa shape index (κ1) is 17.5. The number of hydrogen-bond donors (Lipinski definition) is 0. The van der Waals surface area contributed by atoms with Crippen LogP contribution in [-0.2, 0) is 14.8 Å². The van der Waals surface area contributed by atoms with Crippen LogP contribution in [-0.4, -0.2) is 54.8 Å². The van der Waals surface area contributed by atoms with Crippen molar-refractivity contribution < 1.29 is 17.9 Å². The number of hydrogen-bond acceptors (Lipinski definition) is 5. The number of ether oxygens (including phenoxy) is 1. The van der Waals surface area contributed by atoms with Crippen molar-refractivity contribution in [2.45, 2.75) is 50.8 Å². The smallest absolute Gasteiger partial charge is 0.340 e. The van der Waals surface area contributed by atoms with E-state index in [-0.39, 0.29) is 6.10 Å². The number of esters is 1. The van der Waals surface area contributed by atoms with Crippen LogP contribution in [0.3, 0.4) is 0 Å². The fourth-order valence-electron chi connectivity index (χ4n) is 4.69. The number of carbonyl (C=O) groups is 1. The molecule has 0 aliphatic carbocycles. The number of piperidine rings is 1. The fourth-order valence-corrected chi connectivity index (χ4v) is 5.80. The summed E-state index contributed by atoms with van der Waals surface area (Å²) in [5.74, 6) is -0.421. The average molecular weight is 376 g/mol. The molecule has 0 N–H and O–H groups in total. The first-order valence-electron chi connectivity index (χ1n) is 9.01. The lowest BCUT2D eigenvalue weighted by Crippen LogP contribution is -2.43. The third-order valence-electron chi connectivity index (χ3n) is 5.92. The molecule has 1 aromatic heterocycles. The summed E-state index contributed by atoms with van der Waals surface area (Å²) in [7, 11) is -1.38. The van der Waals surface area contributed by atoms with Gasteiger partial charge in [-0.2, -0.15) is 0 Å². The summed E-state index contributed by atoms with van der Waals surface area (Å²) in [6, 6.07) is 8.03. The largest absolute Gasteiger partial charge is 0.459 e. The Balaban J connectivity index is 1.69. The molecule has 0 unspecified atom stereocenters. The highest BCUT2D eigenvalue weighted by Gasteiger charge is 2.40. The standard InChI is InChI=1S/C19H24N2O4S/c1-12-18(16-6-4-5-7-17(16)21(12)26(3,23)24)19(22)25-15-10-13-8-9-14(11-15)20(13)2/h4-7,13-15H,8-11H2,1-3H3/t13-,14+,15-. The van der Waals surface area contributed by atoms with Crippen LogP contribution in [0, 0.1) is 6.92 Å². The molecule has 2 bridgehead atoms. The lowest BCUT2D eigenvalue weighted by atomic mass is 10.0. The number of carbonyl (C=O) groups excluding carboxylic acids is 1. The van der Waals surface area contributed by atoms with Crippen molar-refractivity contribution >= 4 is 26.9 Å². The van der Waals surface area contributed by atoms with E-state index in [1.807, 2.05) is 0 Å². The van der Waals surface area contributed by atoms with Crippen molar-refractivity contribution in [1.29, 1.82) is 0 Å². The monoisotopic (exact) mass is 376 g/mol. The van der Waals surface area contributed by atoms with Gasteiger partial charge in [0.25, 0.3) is 0 Å². The molecular formula is C19H24N2O4S. The molecule has 2 aliphatic rings. The maximum absolute atomic E-state index is 13.0. The molecule has 0 saturated carbocycles. The zero-order valence-corrected chi connectivity index (χ0v) is 16.1. The van der Waals surface area contributed by atoms with Gasteiger partial charge >= 0.3 is 5.97 Å². The maximum Gasteiger partial charge on any atom is 0.340 e. The quantitative estimate of drug-likeness (QED) is 0.770. The first-order chi connectivity index (χ1) is 12.3. The molecule has 2 aliphatic heterocycles. The third kappa shape index (κ3) is 2.74. The summed E-state index contributed by atoms with van der Waals surface area (Å²) >= 11 is 0. The van der Waals surface area contributed by atoms with Crippen LogP contribution in [0.1, 0.15) is 41.7 Å². The van der Waals surface area contributed by atoms with Crippen LogP contribution in [0.2, 0.25) is 0 Å². The summed E-state index contributed by atoms with van der Waals surface area (Å²) in [4.78, 5) is 15.4. The molecule has 2 aromatic rings. The molecule has 0 spiro atoms. The second kappa shape index (κ2) is 6.09. The van der Waals surface area contributed by atoms with Gasteiger partial charge in [-0.15, -0.1) is 0 Å². The second-order valence-electron chi connectivity index (χ2n) is 7.55. The lowest BCUT2D eigenvalue weighted by Gasteiger charge is -2.35. The Morgan fingerprint density at radius 2 is 1.77 bits per heavy atom. The fraction of sp³-hybridized carbons (Fsp3) is 0.526. The number of nitrogens with zero attached hydrogens (tertiary/aromatic N) is 2. The van der Waals surface area contributed by atoms with E-state index in [0.717, 1.165) is 31.9 Å². The van der Waals surface area contributed by atoms with Crippen LogP contribution in [0.15, 0.2) is 24.3 Å². The van der Waals surface area contributed by atoms with Crippen molar-refractivity contribution in [2.75, 3.05) is 13.3 Å².